The fourth-order valence-corrected chi connectivity index (χ4v) is 4.40. The molecule has 2 aromatic rings. The highest BCUT2D eigenvalue weighted by Crippen LogP contribution is 2.30. The number of nitrogens with zero attached hydrogens (tertiary/aromatic N) is 1. The Bertz CT molecular complexity index is 916. The van der Waals surface area contributed by atoms with Gasteiger partial charge in [0, 0.05) is 24.0 Å². The lowest BCUT2D eigenvalue weighted by atomic mass is 9.96. The number of anilines is 1. The lowest BCUT2D eigenvalue weighted by molar-refractivity contribution is -0.119. The van der Waals surface area contributed by atoms with Crippen LogP contribution in [0, 0.1) is 11.6 Å². The van der Waals surface area contributed by atoms with Gasteiger partial charge in [-0.1, -0.05) is 0 Å². The minimum absolute atomic E-state index is 0.0798. The molecule has 0 aliphatic carbocycles. The number of H-pyrrole nitrogens is 1. The summed E-state index contributed by atoms with van der Waals surface area (Å²) < 4.78 is 49.6. The summed E-state index contributed by atoms with van der Waals surface area (Å²) in [6.45, 7) is 0.823. The summed E-state index contributed by atoms with van der Waals surface area (Å²) in [6, 6.07) is 4.37. The van der Waals surface area contributed by atoms with Crippen molar-refractivity contribution in [2.45, 2.75) is 17.6 Å². The Morgan fingerprint density at radius 3 is 2.35 bits per heavy atom. The molecule has 1 aromatic heterocycles. The molecule has 10 heteroatoms. The van der Waals surface area contributed by atoms with Crippen LogP contribution in [0.3, 0.4) is 0 Å². The van der Waals surface area contributed by atoms with Crippen LogP contribution >= 0.6 is 0 Å². The molecule has 0 saturated carbocycles. The fourth-order valence-electron chi connectivity index (χ4n) is 3.07. The van der Waals surface area contributed by atoms with Crippen LogP contribution in [0.5, 0.6) is 0 Å². The van der Waals surface area contributed by atoms with Crippen molar-refractivity contribution in [3.63, 3.8) is 0 Å². The molecule has 1 fully saturated rings. The molecular weight excluding hydrogens is 366 g/mol. The Hall–Kier alpha value is -2.33. The van der Waals surface area contributed by atoms with E-state index < -0.39 is 32.1 Å². The minimum atomic E-state index is -3.65. The maximum Gasteiger partial charge on any atom is 0.247 e. The first kappa shape index (κ1) is 18.5. The summed E-state index contributed by atoms with van der Waals surface area (Å²) in [4.78, 5) is 12.7. The Morgan fingerprint density at radius 2 is 1.77 bits per heavy atom. The van der Waals surface area contributed by atoms with Gasteiger partial charge in [0.1, 0.15) is 11.6 Å². The van der Waals surface area contributed by atoms with Crippen molar-refractivity contribution in [2.24, 2.45) is 0 Å². The first-order chi connectivity index (χ1) is 12.2. The fraction of sp³-hybridized carbons (Fsp3) is 0.375. The summed E-state index contributed by atoms with van der Waals surface area (Å²) in [6.07, 6.45) is 1.36. The van der Waals surface area contributed by atoms with Crippen LogP contribution < -0.4 is 10.6 Å². The zero-order chi connectivity index (χ0) is 18.9. The monoisotopic (exact) mass is 384 g/mol. The lowest BCUT2D eigenvalue weighted by Crippen LogP contribution is -2.55. The Morgan fingerprint density at radius 1 is 1.15 bits per heavy atom. The van der Waals surface area contributed by atoms with Crippen LogP contribution in [0.1, 0.15) is 12.8 Å². The number of amides is 1. The highest BCUT2D eigenvalue weighted by molar-refractivity contribution is 7.92. The molecule has 1 aromatic carbocycles. The number of benzene rings is 1. The van der Waals surface area contributed by atoms with E-state index in [9.17, 15) is 22.0 Å². The highest BCUT2D eigenvalue weighted by atomic mass is 32.2. The third-order valence-corrected chi connectivity index (χ3v) is 6.54. The van der Waals surface area contributed by atoms with Crippen LogP contribution in [-0.2, 0) is 14.6 Å². The number of sulfone groups is 1. The molecule has 3 rings (SSSR count). The van der Waals surface area contributed by atoms with Gasteiger partial charge in [-0.2, -0.15) is 5.10 Å². The van der Waals surface area contributed by atoms with Crippen molar-refractivity contribution in [1.82, 2.24) is 15.5 Å². The number of halogens is 2. The van der Waals surface area contributed by atoms with Crippen molar-refractivity contribution in [3.05, 3.63) is 35.9 Å². The van der Waals surface area contributed by atoms with E-state index in [0.717, 1.165) is 24.5 Å². The summed E-state index contributed by atoms with van der Waals surface area (Å²) in [7, 11) is -3.65. The van der Waals surface area contributed by atoms with Gasteiger partial charge < -0.3 is 10.6 Å². The average molecular weight is 384 g/mol. The molecule has 1 saturated heterocycles. The van der Waals surface area contributed by atoms with E-state index in [-0.39, 0.29) is 29.9 Å². The van der Waals surface area contributed by atoms with E-state index in [1.165, 1.54) is 6.07 Å². The first-order valence-corrected chi connectivity index (χ1v) is 9.84. The molecular formula is C16H18F2N4O3S. The number of hydrogen-bond acceptors (Lipinski definition) is 5. The predicted octanol–water partition coefficient (Wildman–Crippen LogP) is 1.46. The molecule has 3 N–H and O–H groups in total. The van der Waals surface area contributed by atoms with Crippen LogP contribution in [0.15, 0.2) is 24.3 Å². The standard InChI is InChI=1S/C16H18F2N4O3S/c1-26(24,25)16(2-4-19-5-3-16)15(23)20-14-9-13(21-22-14)10-6-11(17)8-12(18)7-10/h6-9,19H,2-5H2,1H3,(H2,20,21,22,23). The average Bonchev–Trinajstić information content (AvgIpc) is 3.02. The smallest absolute Gasteiger partial charge is 0.247 e. The minimum Gasteiger partial charge on any atom is -0.317 e. The van der Waals surface area contributed by atoms with Gasteiger partial charge in [0.05, 0.1) is 5.69 Å². The SMILES string of the molecule is CS(=O)(=O)C1(C(=O)Nc2cc(-c3cc(F)cc(F)c3)[nH]n2)CCNCC1. The topological polar surface area (TPSA) is 104 Å². The van der Waals surface area contributed by atoms with Crippen LogP contribution in [-0.4, -0.2) is 48.6 Å². The number of aromatic nitrogens is 2. The summed E-state index contributed by atoms with van der Waals surface area (Å²) >= 11 is 0. The maximum atomic E-state index is 13.3. The van der Waals surface area contributed by atoms with E-state index in [2.05, 4.69) is 20.8 Å². The first-order valence-electron chi connectivity index (χ1n) is 7.95. The number of piperidine rings is 1. The Labute approximate surface area is 149 Å². The zero-order valence-corrected chi connectivity index (χ0v) is 14.8. The van der Waals surface area contributed by atoms with Gasteiger partial charge >= 0.3 is 0 Å². The maximum absolute atomic E-state index is 13.3. The second kappa shape index (κ2) is 6.76. The molecule has 2 heterocycles. The number of carbonyl (C=O) groups is 1. The number of rotatable bonds is 4. The molecule has 7 nitrogen and oxygen atoms in total. The van der Waals surface area contributed by atoms with Crippen molar-refractivity contribution in [1.29, 1.82) is 0 Å². The Kier molecular flexibility index (Phi) is 4.80. The van der Waals surface area contributed by atoms with Gasteiger partial charge in [-0.15, -0.1) is 0 Å². The Balaban J connectivity index is 1.85. The van der Waals surface area contributed by atoms with Gasteiger partial charge in [-0.3, -0.25) is 9.89 Å². The molecule has 0 atom stereocenters. The van der Waals surface area contributed by atoms with Crippen molar-refractivity contribution in [3.8, 4) is 11.3 Å². The lowest BCUT2D eigenvalue weighted by Gasteiger charge is -2.34. The van der Waals surface area contributed by atoms with Crippen LogP contribution in [0.25, 0.3) is 11.3 Å². The van der Waals surface area contributed by atoms with Gasteiger partial charge in [0.25, 0.3) is 0 Å². The largest absolute Gasteiger partial charge is 0.317 e. The third-order valence-electron chi connectivity index (χ3n) is 4.53. The van der Waals surface area contributed by atoms with E-state index in [4.69, 9.17) is 0 Å². The third kappa shape index (κ3) is 3.47. The molecule has 140 valence electrons. The quantitative estimate of drug-likeness (QED) is 0.740. The molecule has 0 spiro atoms. The second-order valence-corrected chi connectivity index (χ2v) is 8.62. The van der Waals surface area contributed by atoms with Crippen molar-refractivity contribution < 1.29 is 22.0 Å². The van der Waals surface area contributed by atoms with Crippen LogP contribution in [0.4, 0.5) is 14.6 Å². The zero-order valence-electron chi connectivity index (χ0n) is 14.0. The van der Waals surface area contributed by atoms with E-state index in [1.807, 2.05) is 0 Å². The number of carbonyl (C=O) groups excluding carboxylic acids is 1. The van der Waals surface area contributed by atoms with E-state index >= 15 is 0 Å². The van der Waals surface area contributed by atoms with Crippen molar-refractivity contribution in [2.75, 3.05) is 24.7 Å². The van der Waals surface area contributed by atoms with Gasteiger partial charge in [-0.25, -0.2) is 17.2 Å². The predicted molar refractivity (Wildman–Crippen MR) is 92.2 cm³/mol. The summed E-state index contributed by atoms with van der Waals surface area (Å²) in [5, 5.41) is 12.0. The molecule has 1 amide bonds. The molecule has 0 bridgehead atoms. The second-order valence-electron chi connectivity index (χ2n) is 6.30. The molecule has 0 radical (unpaired) electrons. The highest BCUT2D eigenvalue weighted by Gasteiger charge is 2.48. The number of hydrogen-bond donors (Lipinski definition) is 3. The number of nitrogens with one attached hydrogen (secondary N) is 3. The van der Waals surface area contributed by atoms with Crippen LogP contribution in [0.2, 0.25) is 0 Å². The normalized spacial score (nSPS) is 17.0. The number of aromatic amines is 1. The van der Waals surface area contributed by atoms with Gasteiger partial charge in [0.2, 0.25) is 5.91 Å². The van der Waals surface area contributed by atoms with E-state index in [0.29, 0.717) is 13.1 Å². The summed E-state index contributed by atoms with van der Waals surface area (Å²) in [5.41, 5.74) is 0.507. The van der Waals surface area contributed by atoms with Crippen molar-refractivity contribution >= 4 is 21.6 Å². The molecule has 1 aliphatic rings. The molecule has 1 aliphatic heterocycles. The van der Waals surface area contributed by atoms with Gasteiger partial charge in [-0.05, 0) is 38.1 Å². The molecule has 0 unspecified atom stereocenters. The molecule has 26 heavy (non-hydrogen) atoms. The van der Waals surface area contributed by atoms with E-state index in [1.54, 1.807) is 0 Å². The van der Waals surface area contributed by atoms with Gasteiger partial charge in [0.15, 0.2) is 20.4 Å². The summed E-state index contributed by atoms with van der Waals surface area (Å²) in [5.74, 6) is -2.07.